The van der Waals surface area contributed by atoms with Crippen molar-refractivity contribution in [3.05, 3.63) is 0 Å². The lowest BCUT2D eigenvalue weighted by Crippen LogP contribution is -2.32. The molecular formula is C10H17F2NO. The van der Waals surface area contributed by atoms with Crippen LogP contribution in [-0.4, -0.2) is 32.7 Å². The Hall–Kier alpha value is -0.220. The highest BCUT2D eigenvalue weighted by Crippen LogP contribution is 2.59. The van der Waals surface area contributed by atoms with E-state index in [4.69, 9.17) is 4.74 Å². The fourth-order valence-corrected chi connectivity index (χ4v) is 2.64. The van der Waals surface area contributed by atoms with E-state index < -0.39 is 17.8 Å². The number of methoxy groups -OCH3 is 1. The summed E-state index contributed by atoms with van der Waals surface area (Å²) in [5.74, 6) is -3.29. The van der Waals surface area contributed by atoms with Crippen LogP contribution in [0.4, 0.5) is 8.78 Å². The van der Waals surface area contributed by atoms with Gasteiger partial charge in [-0.3, -0.25) is 0 Å². The van der Waals surface area contributed by atoms with E-state index in [1.807, 2.05) is 0 Å². The second-order valence-corrected chi connectivity index (χ2v) is 4.37. The second kappa shape index (κ2) is 3.74. The lowest BCUT2D eigenvalue weighted by Gasteiger charge is -2.22. The van der Waals surface area contributed by atoms with E-state index >= 15 is 0 Å². The van der Waals surface area contributed by atoms with Gasteiger partial charge in [-0.1, -0.05) is 0 Å². The molecule has 1 N–H and O–H groups in total. The van der Waals surface area contributed by atoms with Gasteiger partial charge < -0.3 is 10.1 Å². The first-order valence-corrected chi connectivity index (χ1v) is 5.25. The molecule has 2 aliphatic rings. The van der Waals surface area contributed by atoms with Crippen molar-refractivity contribution in [1.82, 2.24) is 5.32 Å². The standard InChI is InChI=1S/C10H17F2NO/c1-14-6-8-9(10(8,11)12)7-3-2-4-13-5-7/h7-9,13H,2-6H2,1H3. The summed E-state index contributed by atoms with van der Waals surface area (Å²) in [6.45, 7) is 1.93. The molecule has 1 aliphatic heterocycles. The number of hydrogen-bond donors (Lipinski definition) is 1. The predicted molar refractivity (Wildman–Crippen MR) is 49.4 cm³/mol. The van der Waals surface area contributed by atoms with Crippen LogP contribution in [0.3, 0.4) is 0 Å². The second-order valence-electron chi connectivity index (χ2n) is 4.37. The highest BCUT2D eigenvalue weighted by atomic mass is 19.3. The van der Waals surface area contributed by atoms with Crippen molar-refractivity contribution in [3.63, 3.8) is 0 Å². The molecule has 0 aromatic rings. The van der Waals surface area contributed by atoms with Crippen molar-refractivity contribution in [3.8, 4) is 0 Å². The molecular weight excluding hydrogens is 188 g/mol. The van der Waals surface area contributed by atoms with Crippen molar-refractivity contribution in [2.45, 2.75) is 18.8 Å². The molecule has 2 fully saturated rings. The van der Waals surface area contributed by atoms with Crippen LogP contribution < -0.4 is 5.32 Å². The van der Waals surface area contributed by atoms with Gasteiger partial charge in [-0.2, -0.15) is 0 Å². The molecule has 0 radical (unpaired) electrons. The van der Waals surface area contributed by atoms with E-state index in [9.17, 15) is 8.78 Å². The summed E-state index contributed by atoms with van der Waals surface area (Å²) >= 11 is 0. The highest BCUT2D eigenvalue weighted by molar-refractivity contribution is 5.08. The molecule has 1 aliphatic carbocycles. The van der Waals surface area contributed by atoms with Gasteiger partial charge in [-0.15, -0.1) is 0 Å². The Morgan fingerprint density at radius 3 is 2.86 bits per heavy atom. The topological polar surface area (TPSA) is 21.3 Å². The fraction of sp³-hybridized carbons (Fsp3) is 1.00. The Bertz CT molecular complexity index is 204. The molecule has 4 heteroatoms. The van der Waals surface area contributed by atoms with Gasteiger partial charge in [0.1, 0.15) is 0 Å². The summed E-state index contributed by atoms with van der Waals surface area (Å²) in [6, 6.07) is 0. The van der Waals surface area contributed by atoms with E-state index in [-0.39, 0.29) is 12.5 Å². The minimum absolute atomic E-state index is 0.152. The zero-order valence-electron chi connectivity index (χ0n) is 8.43. The Kier molecular flexibility index (Phi) is 2.75. The summed E-state index contributed by atoms with van der Waals surface area (Å²) in [4.78, 5) is 0. The van der Waals surface area contributed by atoms with Gasteiger partial charge >= 0.3 is 0 Å². The van der Waals surface area contributed by atoms with E-state index in [2.05, 4.69) is 5.32 Å². The molecule has 3 atom stereocenters. The summed E-state index contributed by atoms with van der Waals surface area (Å²) in [6.07, 6.45) is 1.96. The van der Waals surface area contributed by atoms with Crippen LogP contribution in [0.5, 0.6) is 0 Å². The Morgan fingerprint density at radius 2 is 2.29 bits per heavy atom. The summed E-state index contributed by atoms with van der Waals surface area (Å²) in [5.41, 5.74) is 0. The lowest BCUT2D eigenvalue weighted by atomic mass is 9.93. The quantitative estimate of drug-likeness (QED) is 0.754. The van der Waals surface area contributed by atoms with Crippen molar-refractivity contribution in [1.29, 1.82) is 0 Å². The minimum atomic E-state index is -2.47. The number of ether oxygens (including phenoxy) is 1. The summed E-state index contributed by atoms with van der Waals surface area (Å²) < 4.78 is 31.5. The molecule has 0 aromatic carbocycles. The lowest BCUT2D eigenvalue weighted by molar-refractivity contribution is 0.0564. The predicted octanol–water partition coefficient (Wildman–Crippen LogP) is 1.51. The number of nitrogens with one attached hydrogen (secondary N) is 1. The summed E-state index contributed by atoms with van der Waals surface area (Å²) in [7, 11) is 1.49. The first kappa shape index (κ1) is 10.3. The smallest absolute Gasteiger partial charge is 0.257 e. The first-order valence-electron chi connectivity index (χ1n) is 5.25. The van der Waals surface area contributed by atoms with Crippen LogP contribution in [0, 0.1) is 17.8 Å². The molecule has 1 heterocycles. The van der Waals surface area contributed by atoms with Crippen LogP contribution >= 0.6 is 0 Å². The average molecular weight is 205 g/mol. The molecule has 82 valence electrons. The summed E-state index contributed by atoms with van der Waals surface area (Å²) in [5, 5.41) is 3.18. The van der Waals surface area contributed by atoms with E-state index in [1.165, 1.54) is 7.11 Å². The molecule has 2 nitrogen and oxygen atoms in total. The minimum Gasteiger partial charge on any atom is -0.384 e. The van der Waals surface area contributed by atoms with Crippen molar-refractivity contribution in [2.75, 3.05) is 26.8 Å². The van der Waals surface area contributed by atoms with Gasteiger partial charge in [0.05, 0.1) is 12.5 Å². The maximum absolute atomic E-state index is 13.3. The Balaban J connectivity index is 1.91. The number of piperidine rings is 1. The monoisotopic (exact) mass is 205 g/mol. The van der Waals surface area contributed by atoms with Crippen LogP contribution in [-0.2, 0) is 4.74 Å². The van der Waals surface area contributed by atoms with E-state index in [0.717, 1.165) is 25.9 Å². The third-order valence-electron chi connectivity index (χ3n) is 3.45. The van der Waals surface area contributed by atoms with Gasteiger partial charge in [0.15, 0.2) is 0 Å². The van der Waals surface area contributed by atoms with E-state index in [1.54, 1.807) is 0 Å². The molecule has 1 saturated carbocycles. The van der Waals surface area contributed by atoms with Gasteiger partial charge in [0.2, 0.25) is 0 Å². The van der Waals surface area contributed by atoms with Crippen LogP contribution in [0.25, 0.3) is 0 Å². The highest BCUT2D eigenvalue weighted by Gasteiger charge is 2.70. The first-order chi connectivity index (χ1) is 6.68. The van der Waals surface area contributed by atoms with Crippen LogP contribution in [0.1, 0.15) is 12.8 Å². The normalized spacial score (nSPS) is 40.9. The van der Waals surface area contributed by atoms with Gasteiger partial charge in [0, 0.05) is 13.0 Å². The maximum atomic E-state index is 13.3. The van der Waals surface area contributed by atoms with Gasteiger partial charge in [-0.25, -0.2) is 8.78 Å². The maximum Gasteiger partial charge on any atom is 0.257 e. The van der Waals surface area contributed by atoms with Crippen molar-refractivity contribution in [2.24, 2.45) is 17.8 Å². The molecule has 0 aromatic heterocycles. The largest absolute Gasteiger partial charge is 0.384 e. The molecule has 0 amide bonds. The molecule has 14 heavy (non-hydrogen) atoms. The zero-order chi connectivity index (χ0) is 10.2. The van der Waals surface area contributed by atoms with Crippen molar-refractivity contribution >= 4 is 0 Å². The number of halogens is 2. The number of hydrogen-bond acceptors (Lipinski definition) is 2. The third kappa shape index (κ3) is 1.65. The van der Waals surface area contributed by atoms with Crippen molar-refractivity contribution < 1.29 is 13.5 Å². The zero-order valence-corrected chi connectivity index (χ0v) is 8.43. The molecule has 3 unspecified atom stereocenters. The van der Waals surface area contributed by atoms with Gasteiger partial charge in [-0.05, 0) is 31.8 Å². The fourth-order valence-electron chi connectivity index (χ4n) is 2.64. The number of rotatable bonds is 3. The van der Waals surface area contributed by atoms with Gasteiger partial charge in [0.25, 0.3) is 5.92 Å². The Morgan fingerprint density at radius 1 is 1.50 bits per heavy atom. The molecule has 1 saturated heterocycles. The number of alkyl halides is 2. The molecule has 0 bridgehead atoms. The van der Waals surface area contributed by atoms with Crippen LogP contribution in [0.15, 0.2) is 0 Å². The SMILES string of the molecule is COCC1C(C2CCCNC2)C1(F)F. The molecule has 0 spiro atoms. The van der Waals surface area contributed by atoms with Crippen LogP contribution in [0.2, 0.25) is 0 Å². The molecule has 2 rings (SSSR count). The third-order valence-corrected chi connectivity index (χ3v) is 3.45. The Labute approximate surface area is 83.0 Å². The van der Waals surface area contributed by atoms with E-state index in [0.29, 0.717) is 0 Å². The average Bonchev–Trinajstić information content (AvgIpc) is 2.71.